The van der Waals surface area contributed by atoms with E-state index in [1.165, 1.54) is 17.9 Å². The van der Waals surface area contributed by atoms with Gasteiger partial charge in [0.1, 0.15) is 11.5 Å². The number of fused-ring (bicyclic) bond motifs is 3. The lowest BCUT2D eigenvalue weighted by atomic mass is 9.35. The van der Waals surface area contributed by atoms with Crippen LogP contribution in [-0.4, -0.2) is 75.7 Å². The molecule has 7 aliphatic rings. The summed E-state index contributed by atoms with van der Waals surface area (Å²) in [6.45, 7) is 5.11. The van der Waals surface area contributed by atoms with Crippen LogP contribution >= 0.6 is 0 Å². The standard InChI is InChI=1S/C36H44N2O8/c1-16-20-7-6-8-21(39)24(20)27(41)26-31(44)36(46)30(43)25(32(37)45)28(42)29(38(4)5)34(36,3)22(33(16,26)2)12-23(40)35-13-17-9-18(14-35)11-19(10-17)15-35/h6-8,16-19,22,25-26,29,39,46H,9-15H2,1-5H3,(H2,37,45)/t16-,17?,18?,19?,22-,25?,26?,29+,33-,34-,35?,36+/m0/s1. The summed E-state index contributed by atoms with van der Waals surface area (Å²) >= 11 is 0. The number of amides is 1. The summed E-state index contributed by atoms with van der Waals surface area (Å²) in [7, 11) is 3.14. The van der Waals surface area contributed by atoms with E-state index in [9.17, 15) is 39.0 Å². The Hall–Kier alpha value is -3.24. The third kappa shape index (κ3) is 3.55. The summed E-state index contributed by atoms with van der Waals surface area (Å²) in [6, 6.07) is 3.33. The van der Waals surface area contributed by atoms with Crippen molar-refractivity contribution in [2.24, 2.45) is 57.5 Å². The molecule has 0 saturated heterocycles. The smallest absolute Gasteiger partial charge is 0.235 e. The second kappa shape index (κ2) is 9.66. The van der Waals surface area contributed by atoms with Crippen molar-refractivity contribution in [2.75, 3.05) is 14.1 Å². The Morgan fingerprint density at radius 3 is 2.04 bits per heavy atom. The topological polar surface area (TPSA) is 172 Å². The number of likely N-dealkylation sites (N-methyl/N-ethyl adjacent to an activating group) is 1. The summed E-state index contributed by atoms with van der Waals surface area (Å²) in [6.07, 6.45) is 5.52. The maximum Gasteiger partial charge on any atom is 0.235 e. The Bertz CT molecular complexity index is 1600. The second-order valence-corrected chi connectivity index (χ2v) is 16.3. The average Bonchev–Trinajstić information content (AvgIpc) is 2.95. The quantitative estimate of drug-likeness (QED) is 0.413. The van der Waals surface area contributed by atoms with Gasteiger partial charge < -0.3 is 15.9 Å². The number of primary amides is 1. The molecule has 1 aromatic carbocycles. The van der Waals surface area contributed by atoms with Crippen molar-refractivity contribution in [1.29, 1.82) is 0 Å². The number of ketones is 5. The number of phenolic OH excluding ortho intramolecular Hbond substituents is 1. The van der Waals surface area contributed by atoms with E-state index in [0.717, 1.165) is 38.5 Å². The molecule has 246 valence electrons. The minimum Gasteiger partial charge on any atom is -0.507 e. The van der Waals surface area contributed by atoms with Crippen LogP contribution in [0.3, 0.4) is 0 Å². The van der Waals surface area contributed by atoms with Gasteiger partial charge in [-0.05, 0) is 99.3 Å². The molecule has 0 radical (unpaired) electrons. The molecule has 4 N–H and O–H groups in total. The van der Waals surface area contributed by atoms with Crippen molar-refractivity contribution in [3.8, 4) is 5.75 Å². The van der Waals surface area contributed by atoms with Crippen molar-refractivity contribution in [3.05, 3.63) is 29.3 Å². The van der Waals surface area contributed by atoms with Gasteiger partial charge >= 0.3 is 0 Å². The zero-order valence-electron chi connectivity index (χ0n) is 27.2. The van der Waals surface area contributed by atoms with Crippen molar-refractivity contribution in [1.82, 2.24) is 4.90 Å². The van der Waals surface area contributed by atoms with Gasteiger partial charge in [0, 0.05) is 17.3 Å². The molecule has 0 aromatic heterocycles. The van der Waals surface area contributed by atoms with Crippen LogP contribution in [-0.2, 0) is 24.0 Å². The Kier molecular flexibility index (Phi) is 6.58. The molecule has 10 heteroatoms. The highest BCUT2D eigenvalue weighted by Crippen LogP contribution is 2.70. The van der Waals surface area contributed by atoms with Crippen LogP contribution < -0.4 is 5.73 Å². The predicted octanol–water partition coefficient (Wildman–Crippen LogP) is 2.61. The predicted molar refractivity (Wildman–Crippen MR) is 164 cm³/mol. The molecule has 1 aromatic rings. The fourth-order valence-electron chi connectivity index (χ4n) is 12.4. The molecular formula is C36H44N2O8. The fraction of sp³-hybridized carbons (Fsp3) is 0.667. The van der Waals surface area contributed by atoms with Crippen LogP contribution in [0.2, 0.25) is 0 Å². The fourth-order valence-corrected chi connectivity index (χ4v) is 12.4. The molecule has 2 unspecified atom stereocenters. The number of hydrogen-bond acceptors (Lipinski definition) is 9. The SMILES string of the molecule is C[C@H]1c2cccc(O)c2C(=O)C2C(=O)[C@]3(O)C(=O)C(C(N)=O)C(=O)[C@@H](N(C)C)[C@]3(C)[C@@H](CC(=O)C34CC5CC(CC(C5)C3)C4)[C@@]21C. The molecule has 8 atom stereocenters. The van der Waals surface area contributed by atoms with Gasteiger partial charge in [0.2, 0.25) is 5.91 Å². The van der Waals surface area contributed by atoms with Crippen molar-refractivity contribution in [3.63, 3.8) is 0 Å². The Labute approximate surface area is 268 Å². The average molecular weight is 633 g/mol. The molecule has 46 heavy (non-hydrogen) atoms. The van der Waals surface area contributed by atoms with Gasteiger partial charge in [-0.25, -0.2) is 0 Å². The zero-order chi connectivity index (χ0) is 33.5. The summed E-state index contributed by atoms with van der Waals surface area (Å²) in [5.74, 6) is -9.59. The van der Waals surface area contributed by atoms with Crippen LogP contribution in [0.5, 0.6) is 5.75 Å². The molecule has 4 bridgehead atoms. The van der Waals surface area contributed by atoms with Gasteiger partial charge in [0.15, 0.2) is 34.7 Å². The molecule has 7 aliphatic carbocycles. The first-order valence-corrected chi connectivity index (χ1v) is 16.6. The van der Waals surface area contributed by atoms with Crippen molar-refractivity contribution in [2.45, 2.75) is 83.3 Å². The number of benzene rings is 1. The third-order valence-electron chi connectivity index (χ3n) is 14.0. The molecule has 8 rings (SSSR count). The first-order valence-electron chi connectivity index (χ1n) is 16.6. The normalized spacial score (nSPS) is 45.8. The first-order chi connectivity index (χ1) is 21.4. The van der Waals surface area contributed by atoms with E-state index in [1.807, 2.05) is 6.92 Å². The number of aliphatic hydroxyl groups is 1. The van der Waals surface area contributed by atoms with Crippen molar-refractivity contribution < 1.29 is 39.0 Å². The molecule has 6 fully saturated rings. The van der Waals surface area contributed by atoms with Gasteiger partial charge in [0.25, 0.3) is 0 Å². The van der Waals surface area contributed by atoms with Gasteiger partial charge in [-0.2, -0.15) is 0 Å². The van der Waals surface area contributed by atoms with Crippen molar-refractivity contribution >= 4 is 34.8 Å². The van der Waals surface area contributed by atoms with E-state index in [2.05, 4.69) is 0 Å². The minimum atomic E-state index is -2.98. The number of nitrogens with two attached hydrogens (primary N) is 1. The van der Waals surface area contributed by atoms with E-state index < -0.39 is 80.6 Å². The molecule has 0 spiro atoms. The van der Waals surface area contributed by atoms with E-state index in [1.54, 1.807) is 33.2 Å². The Morgan fingerprint density at radius 1 is 0.957 bits per heavy atom. The monoisotopic (exact) mass is 632 g/mol. The molecular weight excluding hydrogens is 588 g/mol. The molecule has 10 nitrogen and oxygen atoms in total. The van der Waals surface area contributed by atoms with Crippen LogP contribution in [0, 0.1) is 51.8 Å². The molecule has 0 aliphatic heterocycles. The molecule has 0 heterocycles. The van der Waals surface area contributed by atoms with Crippen LogP contribution in [0.15, 0.2) is 18.2 Å². The van der Waals surface area contributed by atoms with Gasteiger partial charge in [-0.15, -0.1) is 0 Å². The summed E-state index contributed by atoms with van der Waals surface area (Å²) in [5, 5.41) is 23.6. The highest BCUT2D eigenvalue weighted by molar-refractivity contribution is 6.33. The zero-order valence-corrected chi connectivity index (χ0v) is 27.2. The lowest BCUT2D eigenvalue weighted by Crippen LogP contribution is -2.83. The van der Waals surface area contributed by atoms with E-state index >= 15 is 0 Å². The number of Topliss-reactive ketones (excluding diaryl/α,β-unsaturated/α-hetero) is 5. The van der Waals surface area contributed by atoms with Crippen LogP contribution in [0.1, 0.15) is 87.6 Å². The number of aromatic hydroxyl groups is 1. The minimum absolute atomic E-state index is 0.00900. The van der Waals surface area contributed by atoms with Gasteiger partial charge in [-0.1, -0.05) is 32.9 Å². The Balaban J connectivity index is 1.48. The number of rotatable bonds is 5. The molecule has 1 amide bonds. The Morgan fingerprint density at radius 2 is 1.52 bits per heavy atom. The third-order valence-corrected chi connectivity index (χ3v) is 14.0. The number of phenols is 1. The van der Waals surface area contributed by atoms with Crippen LogP contribution in [0.25, 0.3) is 0 Å². The number of nitrogens with zero attached hydrogens (tertiary/aromatic N) is 1. The second-order valence-electron chi connectivity index (χ2n) is 16.3. The lowest BCUT2D eigenvalue weighted by Gasteiger charge is -2.67. The maximum atomic E-state index is 14.9. The van der Waals surface area contributed by atoms with Gasteiger partial charge in [-0.3, -0.25) is 33.7 Å². The van der Waals surface area contributed by atoms with Crippen LogP contribution in [0.4, 0.5) is 0 Å². The largest absolute Gasteiger partial charge is 0.507 e. The highest BCUT2D eigenvalue weighted by Gasteiger charge is 2.81. The number of carbonyl (C=O) groups is 6. The number of hydrogen-bond donors (Lipinski definition) is 3. The maximum absolute atomic E-state index is 14.9. The highest BCUT2D eigenvalue weighted by atomic mass is 16.3. The van der Waals surface area contributed by atoms with E-state index in [4.69, 9.17) is 5.73 Å². The number of carbonyl (C=O) groups excluding carboxylic acids is 6. The lowest BCUT2D eigenvalue weighted by molar-refractivity contribution is -0.223. The summed E-state index contributed by atoms with van der Waals surface area (Å²) < 4.78 is 0. The summed E-state index contributed by atoms with van der Waals surface area (Å²) in [5.41, 5.74) is -0.774. The summed E-state index contributed by atoms with van der Waals surface area (Å²) in [4.78, 5) is 86.8. The van der Waals surface area contributed by atoms with Gasteiger partial charge in [0.05, 0.1) is 17.5 Å². The molecule has 6 saturated carbocycles. The van der Waals surface area contributed by atoms with E-state index in [0.29, 0.717) is 23.3 Å². The van der Waals surface area contributed by atoms with E-state index in [-0.39, 0.29) is 23.5 Å². The first kappa shape index (κ1) is 31.4.